The van der Waals surface area contributed by atoms with Crippen LogP contribution in [0.3, 0.4) is 0 Å². The largest absolute Gasteiger partial charge is 0.482 e. The number of carbonyl (C=O) groups is 2. The van der Waals surface area contributed by atoms with Gasteiger partial charge in [0.25, 0.3) is 5.91 Å². The molecule has 1 aromatic carbocycles. The zero-order valence-electron chi connectivity index (χ0n) is 17.5. The zero-order chi connectivity index (χ0) is 20.2. The van der Waals surface area contributed by atoms with Gasteiger partial charge in [0.1, 0.15) is 5.75 Å². The molecule has 2 saturated heterocycles. The molecule has 6 heteroatoms. The Balaban J connectivity index is 1.29. The summed E-state index contributed by atoms with van der Waals surface area (Å²) in [7, 11) is 0. The molecular weight excluding hydrogens is 366 g/mol. The second-order valence-corrected chi connectivity index (χ2v) is 8.88. The van der Waals surface area contributed by atoms with Gasteiger partial charge in [-0.3, -0.25) is 9.59 Å². The third kappa shape index (κ3) is 4.92. The van der Waals surface area contributed by atoms with Crippen molar-refractivity contribution in [1.82, 2.24) is 9.80 Å². The molecule has 0 spiro atoms. The lowest BCUT2D eigenvalue weighted by molar-refractivity contribution is -0.133. The number of hydrogen-bond acceptors (Lipinski definition) is 4. The number of nitrogens with zero attached hydrogens (tertiary/aromatic N) is 3. The number of para-hydroxylation sites is 2. The van der Waals surface area contributed by atoms with Crippen molar-refractivity contribution in [3.05, 3.63) is 24.3 Å². The first kappa shape index (κ1) is 20.2. The van der Waals surface area contributed by atoms with Crippen LogP contribution in [0.4, 0.5) is 5.69 Å². The van der Waals surface area contributed by atoms with Gasteiger partial charge in [-0.05, 0) is 62.7 Å². The number of rotatable bonds is 5. The summed E-state index contributed by atoms with van der Waals surface area (Å²) in [6.45, 7) is 8.03. The number of anilines is 1. The van der Waals surface area contributed by atoms with Gasteiger partial charge in [-0.25, -0.2) is 0 Å². The standard InChI is InChI=1S/C23H33N3O3/c1-18-8-12-24(13-9-18)15-19-5-4-11-25(16-19)22(27)10-14-26-20-6-2-3-7-21(20)29-17-23(26)28/h2-3,6-7,18-19H,4-5,8-17H2,1H3. The minimum Gasteiger partial charge on any atom is -0.482 e. The molecule has 0 aromatic heterocycles. The summed E-state index contributed by atoms with van der Waals surface area (Å²) in [5, 5.41) is 0. The van der Waals surface area contributed by atoms with Gasteiger partial charge in [0, 0.05) is 32.6 Å². The van der Waals surface area contributed by atoms with E-state index in [4.69, 9.17) is 4.74 Å². The third-order valence-electron chi connectivity index (χ3n) is 6.62. The Morgan fingerprint density at radius 2 is 1.93 bits per heavy atom. The van der Waals surface area contributed by atoms with Gasteiger partial charge in [0.2, 0.25) is 5.91 Å². The van der Waals surface area contributed by atoms with Crippen LogP contribution in [-0.4, -0.2) is 67.5 Å². The number of ether oxygens (including phenoxy) is 1. The summed E-state index contributed by atoms with van der Waals surface area (Å²) in [5.74, 6) is 2.23. The first-order valence-corrected chi connectivity index (χ1v) is 11.1. The summed E-state index contributed by atoms with van der Waals surface area (Å²) < 4.78 is 5.49. The van der Waals surface area contributed by atoms with Gasteiger partial charge < -0.3 is 19.4 Å². The highest BCUT2D eigenvalue weighted by Crippen LogP contribution is 2.31. The maximum Gasteiger partial charge on any atom is 0.265 e. The van der Waals surface area contributed by atoms with Gasteiger partial charge in [0.15, 0.2) is 6.61 Å². The molecule has 29 heavy (non-hydrogen) atoms. The van der Waals surface area contributed by atoms with Gasteiger partial charge in [0.05, 0.1) is 5.69 Å². The Labute approximate surface area is 173 Å². The molecule has 1 aromatic rings. The number of fused-ring (bicyclic) bond motifs is 1. The van der Waals surface area contributed by atoms with Gasteiger partial charge in [-0.15, -0.1) is 0 Å². The number of amides is 2. The molecule has 0 N–H and O–H groups in total. The lowest BCUT2D eigenvalue weighted by atomic mass is 9.94. The minimum atomic E-state index is -0.0765. The molecule has 0 aliphatic carbocycles. The van der Waals surface area contributed by atoms with Crippen molar-refractivity contribution in [2.45, 2.75) is 39.0 Å². The van der Waals surface area contributed by atoms with Crippen molar-refractivity contribution in [3.8, 4) is 5.75 Å². The topological polar surface area (TPSA) is 53.1 Å². The fraction of sp³-hybridized carbons (Fsp3) is 0.652. The molecule has 3 heterocycles. The fourth-order valence-electron chi connectivity index (χ4n) is 4.82. The SMILES string of the molecule is CC1CCN(CC2CCCN(C(=O)CCN3C(=O)COc4ccccc43)C2)CC1. The summed E-state index contributed by atoms with van der Waals surface area (Å²) in [4.78, 5) is 31.5. The van der Waals surface area contributed by atoms with Crippen LogP contribution in [0.1, 0.15) is 39.0 Å². The van der Waals surface area contributed by atoms with Crippen molar-refractivity contribution < 1.29 is 14.3 Å². The first-order valence-electron chi connectivity index (χ1n) is 11.1. The van der Waals surface area contributed by atoms with Crippen molar-refractivity contribution in [2.75, 3.05) is 50.8 Å². The average molecular weight is 400 g/mol. The van der Waals surface area contributed by atoms with E-state index in [1.807, 2.05) is 29.2 Å². The molecule has 0 bridgehead atoms. The molecule has 0 radical (unpaired) electrons. The normalized spacial score (nSPS) is 23.6. The summed E-state index contributed by atoms with van der Waals surface area (Å²) in [6, 6.07) is 7.54. The highest BCUT2D eigenvalue weighted by Gasteiger charge is 2.29. The van der Waals surface area contributed by atoms with E-state index in [1.54, 1.807) is 4.90 Å². The highest BCUT2D eigenvalue weighted by atomic mass is 16.5. The van der Waals surface area contributed by atoms with E-state index in [2.05, 4.69) is 11.8 Å². The summed E-state index contributed by atoms with van der Waals surface area (Å²) >= 11 is 0. The molecule has 2 amide bonds. The predicted octanol–water partition coefficient (Wildman–Crippen LogP) is 2.77. The van der Waals surface area contributed by atoms with Crippen LogP contribution in [0, 0.1) is 11.8 Å². The molecule has 3 aliphatic heterocycles. The molecule has 3 aliphatic rings. The van der Waals surface area contributed by atoms with E-state index in [1.165, 1.54) is 32.4 Å². The predicted molar refractivity (Wildman–Crippen MR) is 113 cm³/mol. The zero-order valence-corrected chi connectivity index (χ0v) is 17.5. The Bertz CT molecular complexity index is 730. The number of hydrogen-bond donors (Lipinski definition) is 0. The minimum absolute atomic E-state index is 0.0471. The van der Waals surface area contributed by atoms with Crippen molar-refractivity contribution >= 4 is 17.5 Å². The third-order valence-corrected chi connectivity index (χ3v) is 6.62. The lowest BCUT2D eigenvalue weighted by Crippen LogP contribution is -2.46. The number of piperidine rings is 2. The molecule has 1 atom stereocenters. The monoisotopic (exact) mass is 399 g/mol. The van der Waals surface area contributed by atoms with Crippen LogP contribution < -0.4 is 9.64 Å². The van der Waals surface area contributed by atoms with E-state index in [0.29, 0.717) is 24.6 Å². The quantitative estimate of drug-likeness (QED) is 0.764. The van der Waals surface area contributed by atoms with Gasteiger partial charge >= 0.3 is 0 Å². The number of carbonyl (C=O) groups excluding carboxylic acids is 2. The Morgan fingerprint density at radius 3 is 2.76 bits per heavy atom. The molecule has 158 valence electrons. The van der Waals surface area contributed by atoms with Crippen LogP contribution in [-0.2, 0) is 9.59 Å². The lowest BCUT2D eigenvalue weighted by Gasteiger charge is -2.38. The van der Waals surface area contributed by atoms with Gasteiger partial charge in [-0.1, -0.05) is 19.1 Å². The van der Waals surface area contributed by atoms with E-state index in [-0.39, 0.29) is 18.4 Å². The average Bonchev–Trinajstić information content (AvgIpc) is 2.75. The molecule has 0 saturated carbocycles. The highest BCUT2D eigenvalue weighted by molar-refractivity contribution is 5.98. The second kappa shape index (κ2) is 9.16. The summed E-state index contributed by atoms with van der Waals surface area (Å²) in [6.07, 6.45) is 5.26. The first-order chi connectivity index (χ1) is 14.1. The van der Waals surface area contributed by atoms with E-state index >= 15 is 0 Å². The Morgan fingerprint density at radius 1 is 1.14 bits per heavy atom. The van der Waals surface area contributed by atoms with Crippen LogP contribution in [0.25, 0.3) is 0 Å². The van der Waals surface area contributed by atoms with Crippen LogP contribution in [0.2, 0.25) is 0 Å². The molecule has 6 nitrogen and oxygen atoms in total. The number of likely N-dealkylation sites (tertiary alicyclic amines) is 2. The summed E-state index contributed by atoms with van der Waals surface area (Å²) in [5.41, 5.74) is 0.771. The van der Waals surface area contributed by atoms with E-state index < -0.39 is 0 Å². The van der Waals surface area contributed by atoms with Crippen LogP contribution in [0.15, 0.2) is 24.3 Å². The Kier molecular flexibility index (Phi) is 6.38. The van der Waals surface area contributed by atoms with Crippen LogP contribution in [0.5, 0.6) is 5.75 Å². The van der Waals surface area contributed by atoms with E-state index in [9.17, 15) is 9.59 Å². The number of benzene rings is 1. The second-order valence-electron chi connectivity index (χ2n) is 8.88. The molecule has 1 unspecified atom stereocenters. The van der Waals surface area contributed by atoms with Crippen molar-refractivity contribution in [1.29, 1.82) is 0 Å². The molecule has 4 rings (SSSR count). The molecular formula is C23H33N3O3. The maximum atomic E-state index is 12.9. The molecule has 2 fully saturated rings. The van der Waals surface area contributed by atoms with Crippen molar-refractivity contribution in [3.63, 3.8) is 0 Å². The van der Waals surface area contributed by atoms with E-state index in [0.717, 1.165) is 37.7 Å². The smallest absolute Gasteiger partial charge is 0.265 e. The maximum absolute atomic E-state index is 12.9. The van der Waals surface area contributed by atoms with Crippen molar-refractivity contribution in [2.24, 2.45) is 11.8 Å². The van der Waals surface area contributed by atoms with Crippen LogP contribution >= 0.6 is 0 Å². The van der Waals surface area contributed by atoms with Gasteiger partial charge in [-0.2, -0.15) is 0 Å². The fourth-order valence-corrected chi connectivity index (χ4v) is 4.82. The Hall–Kier alpha value is -2.08.